The molecule has 0 spiro atoms. The zero-order valence-electron chi connectivity index (χ0n) is 13.4. The highest BCUT2D eigenvalue weighted by Gasteiger charge is 2.10. The van der Waals surface area contributed by atoms with Crippen LogP contribution in [-0.4, -0.2) is 35.7 Å². The highest BCUT2D eigenvalue weighted by molar-refractivity contribution is 6.04. The molecule has 0 heterocycles. The maximum Gasteiger partial charge on any atom is 0.269 e. The fourth-order valence-corrected chi connectivity index (χ4v) is 1.98. The van der Waals surface area contributed by atoms with Crippen molar-refractivity contribution in [2.75, 3.05) is 19.4 Å². The Morgan fingerprint density at radius 1 is 1.04 bits per heavy atom. The number of carbonyl (C=O) groups excluding carboxylic acids is 2. The molecule has 0 atom stereocenters. The average Bonchev–Trinajstić information content (AvgIpc) is 2.56. The highest BCUT2D eigenvalue weighted by Crippen LogP contribution is 2.15. The summed E-state index contributed by atoms with van der Waals surface area (Å²) in [6.07, 6.45) is 0.295. The van der Waals surface area contributed by atoms with Gasteiger partial charge in [-0.05, 0) is 29.8 Å². The Morgan fingerprint density at radius 2 is 1.62 bits per heavy atom. The van der Waals surface area contributed by atoms with Crippen LogP contribution in [0.4, 0.5) is 11.4 Å². The number of hydrogen-bond donors (Lipinski definition) is 1. The summed E-state index contributed by atoms with van der Waals surface area (Å²) >= 11 is 0. The zero-order chi connectivity index (χ0) is 17.7. The van der Waals surface area contributed by atoms with Crippen molar-refractivity contribution in [1.29, 1.82) is 0 Å². The van der Waals surface area contributed by atoms with Gasteiger partial charge in [-0.1, -0.05) is 12.1 Å². The number of rotatable bonds is 5. The Balaban J connectivity index is 2.01. The van der Waals surface area contributed by atoms with E-state index in [-0.39, 0.29) is 17.5 Å². The van der Waals surface area contributed by atoms with Crippen LogP contribution in [-0.2, 0) is 11.2 Å². The minimum atomic E-state index is -0.518. The molecular formula is C17H17N3O4. The maximum atomic E-state index is 12.1. The number of nitro benzene ring substituents is 1. The Hall–Kier alpha value is -3.22. The van der Waals surface area contributed by atoms with Crippen molar-refractivity contribution >= 4 is 23.2 Å². The molecule has 0 aliphatic heterocycles. The lowest BCUT2D eigenvalue weighted by atomic mass is 10.1. The van der Waals surface area contributed by atoms with E-state index in [0.717, 1.165) is 5.56 Å². The van der Waals surface area contributed by atoms with Gasteiger partial charge in [-0.3, -0.25) is 19.7 Å². The molecule has 0 aliphatic carbocycles. The number of amides is 2. The lowest BCUT2D eigenvalue weighted by molar-refractivity contribution is -0.384. The van der Waals surface area contributed by atoms with E-state index in [1.54, 1.807) is 38.4 Å². The van der Waals surface area contributed by atoms with Gasteiger partial charge in [-0.25, -0.2) is 0 Å². The second-order valence-electron chi connectivity index (χ2n) is 5.42. The van der Waals surface area contributed by atoms with Crippen LogP contribution in [0, 0.1) is 10.1 Å². The minimum absolute atomic E-state index is 0.00216. The van der Waals surface area contributed by atoms with E-state index >= 15 is 0 Å². The van der Waals surface area contributed by atoms with Gasteiger partial charge < -0.3 is 10.2 Å². The first-order chi connectivity index (χ1) is 11.4. The topological polar surface area (TPSA) is 92.6 Å². The van der Waals surface area contributed by atoms with Crippen molar-refractivity contribution in [2.24, 2.45) is 0 Å². The van der Waals surface area contributed by atoms with Gasteiger partial charge in [0.2, 0.25) is 5.91 Å². The van der Waals surface area contributed by atoms with Crippen LogP contribution in [0.2, 0.25) is 0 Å². The van der Waals surface area contributed by atoms with Crippen LogP contribution >= 0.6 is 0 Å². The molecule has 7 heteroatoms. The Morgan fingerprint density at radius 3 is 2.12 bits per heavy atom. The third-order valence-electron chi connectivity index (χ3n) is 3.41. The van der Waals surface area contributed by atoms with Crippen molar-refractivity contribution in [3.8, 4) is 0 Å². The van der Waals surface area contributed by atoms with Crippen molar-refractivity contribution in [3.05, 3.63) is 69.8 Å². The second-order valence-corrected chi connectivity index (χ2v) is 5.42. The summed E-state index contributed by atoms with van der Waals surface area (Å²) in [6.45, 7) is 0. The van der Waals surface area contributed by atoms with Crippen LogP contribution in [0.1, 0.15) is 15.9 Å². The summed E-state index contributed by atoms with van der Waals surface area (Å²) in [5.41, 5.74) is 1.69. The van der Waals surface area contributed by atoms with Gasteiger partial charge in [0.15, 0.2) is 0 Å². The summed E-state index contributed by atoms with van der Waals surface area (Å²) in [6, 6.07) is 12.3. The van der Waals surface area contributed by atoms with Crippen molar-refractivity contribution < 1.29 is 14.5 Å². The Labute approximate surface area is 139 Å². The van der Waals surface area contributed by atoms with E-state index in [1.807, 2.05) is 0 Å². The maximum absolute atomic E-state index is 12.1. The normalized spacial score (nSPS) is 10.1. The van der Waals surface area contributed by atoms with Crippen LogP contribution < -0.4 is 5.32 Å². The summed E-state index contributed by atoms with van der Waals surface area (Å²) in [5, 5.41) is 13.3. The van der Waals surface area contributed by atoms with Crippen LogP contribution in [0.25, 0.3) is 0 Å². The molecule has 2 aromatic rings. The molecule has 0 bridgehead atoms. The number of non-ortho nitro benzene ring substituents is 1. The second kappa shape index (κ2) is 7.36. The molecule has 0 fully saturated rings. The molecule has 24 heavy (non-hydrogen) atoms. The molecule has 0 saturated carbocycles. The number of benzene rings is 2. The molecule has 0 unspecified atom stereocenters. The van der Waals surface area contributed by atoms with E-state index in [0.29, 0.717) is 17.7 Å². The van der Waals surface area contributed by atoms with Crippen LogP contribution in [0.15, 0.2) is 48.5 Å². The molecular weight excluding hydrogens is 310 g/mol. The standard InChI is InChI=1S/C17H17N3O4/c1-19(2)16(21)11-12-3-7-14(8-4-12)18-17(22)13-5-9-15(10-6-13)20(23)24/h3-10H,11H2,1-2H3,(H,18,22). The van der Waals surface area contributed by atoms with E-state index < -0.39 is 4.92 Å². The predicted molar refractivity (Wildman–Crippen MR) is 89.9 cm³/mol. The van der Waals surface area contributed by atoms with Crippen molar-refractivity contribution in [2.45, 2.75) is 6.42 Å². The molecule has 2 rings (SSSR count). The third kappa shape index (κ3) is 4.39. The Kier molecular flexibility index (Phi) is 5.26. The van der Waals surface area contributed by atoms with E-state index in [1.165, 1.54) is 29.2 Å². The van der Waals surface area contributed by atoms with E-state index in [2.05, 4.69) is 5.32 Å². The average molecular weight is 327 g/mol. The Bertz CT molecular complexity index is 752. The van der Waals surface area contributed by atoms with Gasteiger partial charge in [-0.15, -0.1) is 0 Å². The molecule has 7 nitrogen and oxygen atoms in total. The first kappa shape index (κ1) is 17.1. The largest absolute Gasteiger partial charge is 0.349 e. The van der Waals surface area contributed by atoms with E-state index in [9.17, 15) is 19.7 Å². The first-order valence-electron chi connectivity index (χ1n) is 7.21. The smallest absolute Gasteiger partial charge is 0.269 e. The molecule has 124 valence electrons. The molecule has 0 aliphatic rings. The quantitative estimate of drug-likeness (QED) is 0.674. The summed E-state index contributed by atoms with van der Waals surface area (Å²) < 4.78 is 0. The number of hydrogen-bond acceptors (Lipinski definition) is 4. The molecule has 0 saturated heterocycles. The highest BCUT2D eigenvalue weighted by atomic mass is 16.6. The van der Waals surface area contributed by atoms with Gasteiger partial charge in [-0.2, -0.15) is 0 Å². The zero-order valence-corrected chi connectivity index (χ0v) is 13.4. The monoisotopic (exact) mass is 327 g/mol. The fourth-order valence-electron chi connectivity index (χ4n) is 1.98. The first-order valence-corrected chi connectivity index (χ1v) is 7.21. The van der Waals surface area contributed by atoms with Crippen LogP contribution in [0.5, 0.6) is 0 Å². The lowest BCUT2D eigenvalue weighted by Gasteiger charge is -2.10. The van der Waals surface area contributed by atoms with Gasteiger partial charge in [0, 0.05) is 37.5 Å². The summed E-state index contributed by atoms with van der Waals surface area (Å²) in [4.78, 5) is 35.4. The summed E-state index contributed by atoms with van der Waals surface area (Å²) in [7, 11) is 3.39. The molecule has 2 aromatic carbocycles. The number of anilines is 1. The number of nitrogens with zero attached hydrogens (tertiary/aromatic N) is 2. The van der Waals surface area contributed by atoms with Crippen molar-refractivity contribution in [1.82, 2.24) is 4.90 Å². The van der Waals surface area contributed by atoms with Gasteiger partial charge in [0.1, 0.15) is 0 Å². The summed E-state index contributed by atoms with van der Waals surface area (Å²) in [5.74, 6) is -0.361. The number of likely N-dealkylation sites (N-methyl/N-ethyl adjacent to an activating group) is 1. The number of nitrogens with one attached hydrogen (secondary N) is 1. The molecule has 1 N–H and O–H groups in total. The number of nitro groups is 1. The van der Waals surface area contributed by atoms with Gasteiger partial charge in [0.25, 0.3) is 11.6 Å². The molecule has 0 radical (unpaired) electrons. The lowest BCUT2D eigenvalue weighted by Crippen LogP contribution is -2.23. The van der Waals surface area contributed by atoms with Gasteiger partial charge in [0.05, 0.1) is 11.3 Å². The van der Waals surface area contributed by atoms with E-state index in [4.69, 9.17) is 0 Å². The number of carbonyl (C=O) groups is 2. The fraction of sp³-hybridized carbons (Fsp3) is 0.176. The molecule has 0 aromatic heterocycles. The third-order valence-corrected chi connectivity index (χ3v) is 3.41. The van der Waals surface area contributed by atoms with Crippen LogP contribution in [0.3, 0.4) is 0 Å². The van der Waals surface area contributed by atoms with Gasteiger partial charge >= 0.3 is 0 Å². The van der Waals surface area contributed by atoms with Crippen molar-refractivity contribution in [3.63, 3.8) is 0 Å². The minimum Gasteiger partial charge on any atom is -0.349 e. The predicted octanol–water partition coefficient (Wildman–Crippen LogP) is 2.48. The molecule has 2 amide bonds. The SMILES string of the molecule is CN(C)C(=O)Cc1ccc(NC(=O)c2ccc([N+](=O)[O-])cc2)cc1.